The van der Waals surface area contributed by atoms with Gasteiger partial charge in [0.1, 0.15) is 5.82 Å². The standard InChI is InChI=1S/C19H20ClN5OS3/c1-3-8-25-16(11-27-10-14-4-6-15(20)7-5-14)23-24-19(25)29-12-17(26)22-18-21-13(2)9-28-18/h3-7,9H,1,8,10-12H2,2H3,(H,21,22,26). The first-order valence-electron chi connectivity index (χ1n) is 8.75. The van der Waals surface area contributed by atoms with Gasteiger partial charge in [-0.25, -0.2) is 4.98 Å². The van der Waals surface area contributed by atoms with Gasteiger partial charge in [-0.1, -0.05) is 41.6 Å². The molecule has 0 fully saturated rings. The molecule has 0 aliphatic rings. The summed E-state index contributed by atoms with van der Waals surface area (Å²) in [7, 11) is 0. The zero-order chi connectivity index (χ0) is 20.6. The molecule has 0 atom stereocenters. The minimum Gasteiger partial charge on any atom is -0.301 e. The van der Waals surface area contributed by atoms with Crippen LogP contribution in [0.5, 0.6) is 0 Å². The zero-order valence-corrected chi connectivity index (χ0v) is 19.0. The fourth-order valence-electron chi connectivity index (χ4n) is 2.38. The summed E-state index contributed by atoms with van der Waals surface area (Å²) >= 11 is 10.4. The number of hydrogen-bond donors (Lipinski definition) is 1. The van der Waals surface area contributed by atoms with E-state index in [2.05, 4.69) is 27.1 Å². The zero-order valence-electron chi connectivity index (χ0n) is 15.8. The van der Waals surface area contributed by atoms with Crippen molar-refractivity contribution in [3.63, 3.8) is 0 Å². The molecule has 0 spiro atoms. The van der Waals surface area contributed by atoms with Crippen LogP contribution in [-0.4, -0.2) is 31.4 Å². The van der Waals surface area contributed by atoms with E-state index in [0.29, 0.717) is 22.6 Å². The Kier molecular flexibility index (Phi) is 8.17. The molecule has 29 heavy (non-hydrogen) atoms. The summed E-state index contributed by atoms with van der Waals surface area (Å²) in [6.07, 6.45) is 1.80. The third-order valence-electron chi connectivity index (χ3n) is 3.72. The molecule has 1 aromatic carbocycles. The molecule has 0 radical (unpaired) electrons. The molecule has 1 N–H and O–H groups in total. The maximum Gasteiger partial charge on any atom is 0.236 e. The number of carbonyl (C=O) groups excluding carboxylic acids is 1. The number of nitrogens with zero attached hydrogens (tertiary/aromatic N) is 4. The van der Waals surface area contributed by atoms with Crippen molar-refractivity contribution in [2.75, 3.05) is 11.1 Å². The second kappa shape index (κ2) is 10.8. The van der Waals surface area contributed by atoms with E-state index in [1.54, 1.807) is 17.8 Å². The number of nitrogens with one attached hydrogen (secondary N) is 1. The molecule has 0 aliphatic heterocycles. The number of halogens is 1. The number of amides is 1. The number of hydrogen-bond acceptors (Lipinski definition) is 7. The quantitative estimate of drug-likeness (QED) is 0.333. The second-order valence-corrected chi connectivity index (χ2v) is 9.27. The molecule has 6 nitrogen and oxygen atoms in total. The Bertz CT molecular complexity index is 971. The van der Waals surface area contributed by atoms with Crippen molar-refractivity contribution < 1.29 is 4.79 Å². The molecule has 0 saturated carbocycles. The fraction of sp³-hybridized carbons (Fsp3) is 0.263. The number of anilines is 1. The Morgan fingerprint density at radius 1 is 1.31 bits per heavy atom. The number of carbonyl (C=O) groups is 1. The molecule has 3 aromatic rings. The van der Waals surface area contributed by atoms with Gasteiger partial charge in [0.15, 0.2) is 10.3 Å². The Hall–Kier alpha value is -1.81. The Morgan fingerprint density at radius 3 is 2.79 bits per heavy atom. The molecule has 10 heteroatoms. The summed E-state index contributed by atoms with van der Waals surface area (Å²) in [4.78, 5) is 16.4. The van der Waals surface area contributed by atoms with Crippen molar-refractivity contribution in [1.29, 1.82) is 0 Å². The highest BCUT2D eigenvalue weighted by Crippen LogP contribution is 2.23. The molecule has 0 bridgehead atoms. The van der Waals surface area contributed by atoms with E-state index < -0.39 is 0 Å². The van der Waals surface area contributed by atoms with Gasteiger partial charge in [0, 0.05) is 22.7 Å². The number of aromatic nitrogens is 4. The molecule has 152 valence electrons. The number of allylic oxidation sites excluding steroid dienone is 1. The van der Waals surface area contributed by atoms with Crippen LogP contribution >= 0.6 is 46.5 Å². The molecular formula is C19H20ClN5OS3. The predicted molar refractivity (Wildman–Crippen MR) is 123 cm³/mol. The summed E-state index contributed by atoms with van der Waals surface area (Å²) in [5.74, 6) is 2.56. The van der Waals surface area contributed by atoms with Crippen LogP contribution in [0.25, 0.3) is 0 Å². The molecule has 1 amide bonds. The van der Waals surface area contributed by atoms with Crippen molar-refractivity contribution in [1.82, 2.24) is 19.7 Å². The second-order valence-electron chi connectivity index (χ2n) is 6.05. The van der Waals surface area contributed by atoms with Gasteiger partial charge < -0.3 is 9.88 Å². The first-order chi connectivity index (χ1) is 14.0. The van der Waals surface area contributed by atoms with E-state index in [1.807, 2.05) is 41.1 Å². The average Bonchev–Trinajstić information content (AvgIpc) is 3.28. The normalized spacial score (nSPS) is 10.8. The highest BCUT2D eigenvalue weighted by atomic mass is 35.5. The van der Waals surface area contributed by atoms with E-state index in [9.17, 15) is 4.79 Å². The highest BCUT2D eigenvalue weighted by Gasteiger charge is 2.14. The summed E-state index contributed by atoms with van der Waals surface area (Å²) in [6, 6.07) is 7.83. The van der Waals surface area contributed by atoms with Crippen molar-refractivity contribution >= 4 is 57.5 Å². The summed E-state index contributed by atoms with van der Waals surface area (Å²) in [5, 5.41) is 15.3. The van der Waals surface area contributed by atoms with Crippen LogP contribution in [0.15, 0.2) is 47.5 Å². The third-order valence-corrected chi connectivity index (χ3v) is 6.81. The topological polar surface area (TPSA) is 72.7 Å². The van der Waals surface area contributed by atoms with Gasteiger partial charge in [-0.15, -0.1) is 39.9 Å². The molecule has 2 aromatic heterocycles. The summed E-state index contributed by atoms with van der Waals surface area (Å²) in [5.41, 5.74) is 2.10. The van der Waals surface area contributed by atoms with Gasteiger partial charge in [-0.2, -0.15) is 0 Å². The first-order valence-corrected chi connectivity index (χ1v) is 12.1. The van der Waals surface area contributed by atoms with Gasteiger partial charge in [0.25, 0.3) is 0 Å². The van der Waals surface area contributed by atoms with Gasteiger partial charge in [0.05, 0.1) is 17.2 Å². The van der Waals surface area contributed by atoms with Gasteiger partial charge in [0.2, 0.25) is 5.91 Å². The Balaban J connectivity index is 1.55. The maximum absolute atomic E-state index is 12.2. The average molecular weight is 466 g/mol. The van der Waals surface area contributed by atoms with E-state index in [0.717, 1.165) is 22.3 Å². The smallest absolute Gasteiger partial charge is 0.236 e. The minimum atomic E-state index is -0.115. The van der Waals surface area contributed by atoms with Crippen LogP contribution in [-0.2, 0) is 22.8 Å². The lowest BCUT2D eigenvalue weighted by atomic mass is 10.2. The van der Waals surface area contributed by atoms with Crippen LogP contribution in [0.1, 0.15) is 17.1 Å². The molecular weight excluding hydrogens is 446 g/mol. The van der Waals surface area contributed by atoms with Crippen LogP contribution in [0.2, 0.25) is 5.02 Å². The van der Waals surface area contributed by atoms with Crippen molar-refractivity contribution in [3.8, 4) is 0 Å². The molecule has 0 saturated heterocycles. The molecule has 3 rings (SSSR count). The number of thiazole rings is 1. The first kappa shape index (κ1) is 21.9. The molecule has 0 unspecified atom stereocenters. The SMILES string of the molecule is C=CCn1c(CSCc2ccc(Cl)cc2)nnc1SCC(=O)Nc1nc(C)cs1. The highest BCUT2D eigenvalue weighted by molar-refractivity contribution is 7.99. The lowest BCUT2D eigenvalue weighted by Gasteiger charge is -2.08. The van der Waals surface area contributed by atoms with Crippen molar-refractivity contribution in [2.45, 2.75) is 30.1 Å². The number of aryl methyl sites for hydroxylation is 1. The van der Waals surface area contributed by atoms with Gasteiger partial charge >= 0.3 is 0 Å². The maximum atomic E-state index is 12.2. The Labute approximate surface area is 187 Å². The van der Waals surface area contributed by atoms with Crippen molar-refractivity contribution in [3.05, 3.63) is 64.4 Å². The summed E-state index contributed by atoms with van der Waals surface area (Å²) < 4.78 is 1.99. The number of benzene rings is 1. The molecule has 2 heterocycles. The largest absolute Gasteiger partial charge is 0.301 e. The van der Waals surface area contributed by atoms with Gasteiger partial charge in [-0.05, 0) is 24.6 Å². The fourth-order valence-corrected chi connectivity index (χ4v) is 4.91. The monoisotopic (exact) mass is 465 g/mol. The summed E-state index contributed by atoms with van der Waals surface area (Å²) in [6.45, 7) is 6.31. The lowest BCUT2D eigenvalue weighted by Crippen LogP contribution is -2.14. The van der Waals surface area contributed by atoms with Crippen LogP contribution in [0.4, 0.5) is 5.13 Å². The van der Waals surface area contributed by atoms with Crippen LogP contribution in [0.3, 0.4) is 0 Å². The van der Waals surface area contributed by atoms with Crippen molar-refractivity contribution in [2.24, 2.45) is 0 Å². The molecule has 0 aliphatic carbocycles. The number of thioether (sulfide) groups is 2. The van der Waals surface area contributed by atoms with E-state index >= 15 is 0 Å². The minimum absolute atomic E-state index is 0.115. The van der Waals surface area contributed by atoms with E-state index in [4.69, 9.17) is 11.6 Å². The third kappa shape index (κ3) is 6.60. The van der Waals surface area contributed by atoms with E-state index in [-0.39, 0.29) is 11.7 Å². The van der Waals surface area contributed by atoms with Crippen LogP contribution < -0.4 is 5.32 Å². The predicted octanol–water partition coefficient (Wildman–Crippen LogP) is 5.05. The van der Waals surface area contributed by atoms with E-state index in [1.165, 1.54) is 28.7 Å². The number of rotatable bonds is 10. The van der Waals surface area contributed by atoms with Crippen LogP contribution in [0, 0.1) is 6.92 Å². The Morgan fingerprint density at radius 2 is 2.10 bits per heavy atom. The lowest BCUT2D eigenvalue weighted by molar-refractivity contribution is -0.113. The van der Waals surface area contributed by atoms with Gasteiger partial charge in [-0.3, -0.25) is 4.79 Å².